The summed E-state index contributed by atoms with van der Waals surface area (Å²) in [5, 5.41) is 8.78. The lowest BCUT2D eigenvalue weighted by Crippen LogP contribution is -2.19. The van der Waals surface area contributed by atoms with E-state index in [2.05, 4.69) is 0 Å². The summed E-state index contributed by atoms with van der Waals surface area (Å²) in [6.07, 6.45) is 0.924. The lowest BCUT2D eigenvalue weighted by atomic mass is 10.1. The highest BCUT2D eigenvalue weighted by molar-refractivity contribution is 5.92. The fourth-order valence-corrected chi connectivity index (χ4v) is 2.57. The third-order valence-corrected chi connectivity index (χ3v) is 3.63. The Hall–Kier alpha value is -3.16. The number of aromatic carboxylic acids is 1. The summed E-state index contributed by atoms with van der Waals surface area (Å²) >= 11 is 0. The molecule has 3 aromatic rings. The number of carboxylic acid groups (broad SMARTS) is 1. The molecule has 0 amide bonds. The highest BCUT2D eigenvalue weighted by Crippen LogP contribution is 2.19. The molecule has 1 heterocycles. The summed E-state index contributed by atoms with van der Waals surface area (Å²) in [7, 11) is 0. The number of aromatic nitrogens is 1. The molecule has 0 unspecified atom stereocenters. The topological polar surface area (TPSA) is 59.3 Å². The van der Waals surface area contributed by atoms with Gasteiger partial charge in [0.2, 0.25) is 5.43 Å². The van der Waals surface area contributed by atoms with Gasteiger partial charge in [0, 0.05) is 30.3 Å². The molecule has 0 saturated carbocycles. The van der Waals surface area contributed by atoms with Crippen LogP contribution in [-0.2, 0) is 6.54 Å². The lowest BCUT2D eigenvalue weighted by Gasteiger charge is -2.13. The monoisotopic (exact) mass is 351 g/mol. The number of pyridine rings is 1. The van der Waals surface area contributed by atoms with E-state index in [1.807, 2.05) is 0 Å². The molecular formula is C17H9F4NO3. The van der Waals surface area contributed by atoms with Crippen molar-refractivity contribution in [3.63, 3.8) is 0 Å². The first-order valence-corrected chi connectivity index (χ1v) is 6.96. The zero-order valence-corrected chi connectivity index (χ0v) is 12.4. The fraction of sp³-hybridized carbons (Fsp3) is 0.0588. The molecule has 0 atom stereocenters. The maximum absolute atomic E-state index is 13.6. The van der Waals surface area contributed by atoms with Crippen LogP contribution in [0, 0.1) is 23.3 Å². The zero-order chi connectivity index (χ0) is 18.3. The Labute approximate surface area is 137 Å². The van der Waals surface area contributed by atoms with Gasteiger partial charge in [-0.15, -0.1) is 0 Å². The molecule has 0 aliphatic rings. The predicted octanol–water partition coefficient (Wildman–Crippen LogP) is 3.30. The molecule has 0 aliphatic heterocycles. The Morgan fingerprint density at radius 2 is 1.56 bits per heavy atom. The zero-order valence-electron chi connectivity index (χ0n) is 12.4. The van der Waals surface area contributed by atoms with Crippen molar-refractivity contribution in [1.29, 1.82) is 0 Å². The summed E-state index contributed by atoms with van der Waals surface area (Å²) in [6, 6.07) is 4.00. The summed E-state index contributed by atoms with van der Waals surface area (Å²) in [6.45, 7) is -0.253. The van der Waals surface area contributed by atoms with Crippen molar-refractivity contribution in [3.05, 3.63) is 81.1 Å². The van der Waals surface area contributed by atoms with Crippen LogP contribution >= 0.6 is 0 Å². The van der Waals surface area contributed by atoms with Crippen LogP contribution < -0.4 is 5.43 Å². The number of rotatable bonds is 3. The summed E-state index contributed by atoms with van der Waals surface area (Å²) in [5.41, 5.74) is -1.64. The molecular weight excluding hydrogens is 342 g/mol. The van der Waals surface area contributed by atoms with Crippen LogP contribution in [0.4, 0.5) is 17.6 Å². The van der Waals surface area contributed by atoms with Crippen molar-refractivity contribution in [2.24, 2.45) is 0 Å². The van der Waals surface area contributed by atoms with Gasteiger partial charge in [0.25, 0.3) is 0 Å². The number of hydrogen-bond donors (Lipinski definition) is 1. The number of halogens is 4. The highest BCUT2D eigenvalue weighted by Gasteiger charge is 2.17. The summed E-state index contributed by atoms with van der Waals surface area (Å²) in [5.74, 6) is -5.81. The van der Waals surface area contributed by atoms with Gasteiger partial charge in [-0.1, -0.05) is 0 Å². The molecule has 8 heteroatoms. The van der Waals surface area contributed by atoms with Crippen molar-refractivity contribution >= 4 is 16.9 Å². The molecule has 0 spiro atoms. The van der Waals surface area contributed by atoms with Crippen LogP contribution in [0.5, 0.6) is 0 Å². The van der Waals surface area contributed by atoms with Gasteiger partial charge in [0.1, 0.15) is 17.2 Å². The average molecular weight is 351 g/mol. The standard InChI is InChI=1S/C17H9F4NO3/c18-9-1-8(2-10(19)3-9)6-22-7-12(17(24)25)16(23)11-4-13(20)14(21)5-15(11)22/h1-5,7H,6H2,(H,24,25). The minimum Gasteiger partial charge on any atom is -0.477 e. The van der Waals surface area contributed by atoms with Crippen molar-refractivity contribution in [2.75, 3.05) is 0 Å². The Kier molecular flexibility index (Phi) is 4.03. The number of carboxylic acids is 1. The second kappa shape index (κ2) is 6.04. The van der Waals surface area contributed by atoms with E-state index in [-0.39, 0.29) is 23.0 Å². The maximum Gasteiger partial charge on any atom is 0.341 e. The second-order valence-electron chi connectivity index (χ2n) is 5.37. The number of fused-ring (bicyclic) bond motifs is 1. The second-order valence-corrected chi connectivity index (χ2v) is 5.37. The number of hydrogen-bond acceptors (Lipinski definition) is 2. The van der Waals surface area contributed by atoms with Crippen LogP contribution in [0.2, 0.25) is 0 Å². The first-order chi connectivity index (χ1) is 11.8. The van der Waals surface area contributed by atoms with Gasteiger partial charge in [-0.05, 0) is 23.8 Å². The Morgan fingerprint density at radius 3 is 2.16 bits per heavy atom. The van der Waals surface area contributed by atoms with E-state index in [0.717, 1.165) is 29.0 Å². The van der Waals surface area contributed by atoms with Crippen molar-refractivity contribution < 1.29 is 27.5 Å². The molecule has 0 bridgehead atoms. The van der Waals surface area contributed by atoms with E-state index in [1.54, 1.807) is 0 Å². The maximum atomic E-state index is 13.6. The average Bonchev–Trinajstić information content (AvgIpc) is 2.50. The van der Waals surface area contributed by atoms with Crippen LogP contribution in [-0.4, -0.2) is 15.6 Å². The van der Waals surface area contributed by atoms with E-state index in [4.69, 9.17) is 5.11 Å². The molecule has 0 fully saturated rings. The number of carbonyl (C=O) groups is 1. The molecule has 4 nitrogen and oxygen atoms in total. The summed E-state index contributed by atoms with van der Waals surface area (Å²) < 4.78 is 54.8. The van der Waals surface area contributed by atoms with Crippen molar-refractivity contribution in [2.45, 2.75) is 6.54 Å². The largest absolute Gasteiger partial charge is 0.477 e. The van der Waals surface area contributed by atoms with Gasteiger partial charge in [-0.3, -0.25) is 4.79 Å². The lowest BCUT2D eigenvalue weighted by molar-refractivity contribution is 0.0695. The van der Waals surface area contributed by atoms with Gasteiger partial charge in [-0.2, -0.15) is 0 Å². The molecule has 25 heavy (non-hydrogen) atoms. The van der Waals surface area contributed by atoms with E-state index >= 15 is 0 Å². The van der Waals surface area contributed by atoms with Crippen LogP contribution in [0.15, 0.2) is 41.3 Å². The van der Waals surface area contributed by atoms with E-state index in [0.29, 0.717) is 12.1 Å². The number of nitrogens with zero attached hydrogens (tertiary/aromatic N) is 1. The van der Waals surface area contributed by atoms with E-state index in [9.17, 15) is 27.2 Å². The van der Waals surface area contributed by atoms with E-state index < -0.39 is 40.2 Å². The molecule has 128 valence electrons. The molecule has 0 saturated heterocycles. The molecule has 2 aromatic carbocycles. The van der Waals surface area contributed by atoms with Gasteiger partial charge in [0.15, 0.2) is 11.6 Å². The normalized spacial score (nSPS) is 11.0. The Bertz CT molecular complexity index is 1060. The molecule has 0 radical (unpaired) electrons. The SMILES string of the molecule is O=C(O)c1cn(Cc2cc(F)cc(F)c2)c2cc(F)c(F)cc2c1=O. The smallest absolute Gasteiger partial charge is 0.341 e. The van der Waals surface area contributed by atoms with Gasteiger partial charge in [0.05, 0.1) is 5.52 Å². The third-order valence-electron chi connectivity index (χ3n) is 3.63. The Morgan fingerprint density at radius 1 is 0.960 bits per heavy atom. The molecule has 3 rings (SSSR count). The quantitative estimate of drug-likeness (QED) is 0.737. The van der Waals surface area contributed by atoms with E-state index in [1.165, 1.54) is 0 Å². The molecule has 0 aliphatic carbocycles. The summed E-state index contributed by atoms with van der Waals surface area (Å²) in [4.78, 5) is 23.4. The first-order valence-electron chi connectivity index (χ1n) is 6.96. The minimum atomic E-state index is -1.56. The van der Waals surface area contributed by atoms with Crippen molar-refractivity contribution in [3.8, 4) is 0 Å². The Balaban J connectivity index is 2.29. The van der Waals surface area contributed by atoms with Gasteiger partial charge < -0.3 is 9.67 Å². The molecule has 1 aromatic heterocycles. The molecule has 1 N–H and O–H groups in total. The fourth-order valence-electron chi connectivity index (χ4n) is 2.57. The van der Waals surface area contributed by atoms with Gasteiger partial charge >= 0.3 is 5.97 Å². The first kappa shape index (κ1) is 16.7. The van der Waals surface area contributed by atoms with Gasteiger partial charge in [-0.25, -0.2) is 22.4 Å². The van der Waals surface area contributed by atoms with Crippen LogP contribution in [0.1, 0.15) is 15.9 Å². The van der Waals surface area contributed by atoms with Crippen molar-refractivity contribution in [1.82, 2.24) is 4.57 Å². The van der Waals surface area contributed by atoms with Crippen LogP contribution in [0.3, 0.4) is 0 Å². The highest BCUT2D eigenvalue weighted by atomic mass is 19.2. The number of benzene rings is 2. The third kappa shape index (κ3) is 3.10. The minimum absolute atomic E-state index is 0.0985. The predicted molar refractivity (Wildman–Crippen MR) is 80.5 cm³/mol. The van der Waals surface area contributed by atoms with Crippen LogP contribution in [0.25, 0.3) is 10.9 Å².